The molecule has 2 aromatic rings. The van der Waals surface area contributed by atoms with E-state index in [-0.39, 0.29) is 5.41 Å². The van der Waals surface area contributed by atoms with Gasteiger partial charge in [-0.25, -0.2) is 0 Å². The van der Waals surface area contributed by atoms with Gasteiger partial charge in [0.2, 0.25) is 0 Å². The third-order valence-electron chi connectivity index (χ3n) is 3.63. The second-order valence-electron chi connectivity index (χ2n) is 6.00. The Hall–Kier alpha value is -1.85. The van der Waals surface area contributed by atoms with Gasteiger partial charge in [-0.1, -0.05) is 31.5 Å². The molecule has 4 nitrogen and oxygen atoms in total. The Balaban J connectivity index is 1.92. The summed E-state index contributed by atoms with van der Waals surface area (Å²) in [7, 11) is 0. The first-order chi connectivity index (χ1) is 10.8. The molecule has 0 unspecified atom stereocenters. The number of anilines is 1. The maximum absolute atomic E-state index is 12.0. The molecule has 2 amide bonds. The van der Waals surface area contributed by atoms with Gasteiger partial charge in [0.25, 0.3) is 0 Å². The molecule has 0 saturated carbocycles. The Labute approximate surface area is 144 Å². The highest BCUT2D eigenvalue weighted by Gasteiger charge is 2.23. The van der Waals surface area contributed by atoms with Gasteiger partial charge in [-0.2, -0.15) is 11.3 Å². The number of hydrogen-bond donors (Lipinski definition) is 2. The molecule has 0 saturated heterocycles. The molecule has 2 N–H and O–H groups in total. The molecular weight excluding hydrogens is 332 g/mol. The predicted molar refractivity (Wildman–Crippen MR) is 95.2 cm³/mol. The molecule has 0 radical (unpaired) electrons. The zero-order valence-corrected chi connectivity index (χ0v) is 14.8. The van der Waals surface area contributed by atoms with Crippen molar-refractivity contribution in [3.8, 4) is 0 Å². The van der Waals surface area contributed by atoms with Crippen LogP contribution in [0.3, 0.4) is 0 Å². The Bertz CT molecular complexity index is 711. The van der Waals surface area contributed by atoms with Gasteiger partial charge in [0, 0.05) is 22.7 Å². The number of carbonyl (C=O) groups is 2. The maximum atomic E-state index is 12.0. The van der Waals surface area contributed by atoms with Crippen LogP contribution in [0, 0.1) is 6.92 Å². The molecule has 0 aliphatic heterocycles. The summed E-state index contributed by atoms with van der Waals surface area (Å²) < 4.78 is 0. The summed E-state index contributed by atoms with van der Waals surface area (Å²) in [4.78, 5) is 23.9. The van der Waals surface area contributed by atoms with E-state index in [1.54, 1.807) is 29.5 Å². The van der Waals surface area contributed by atoms with Crippen LogP contribution in [-0.2, 0) is 15.0 Å². The molecule has 0 spiro atoms. The van der Waals surface area contributed by atoms with Crippen LogP contribution >= 0.6 is 22.9 Å². The van der Waals surface area contributed by atoms with Crippen LogP contribution in [0.25, 0.3) is 0 Å². The number of hydrogen-bond acceptors (Lipinski definition) is 3. The van der Waals surface area contributed by atoms with Gasteiger partial charge in [-0.05, 0) is 47.0 Å². The van der Waals surface area contributed by atoms with Crippen LogP contribution in [0.1, 0.15) is 25.0 Å². The lowest BCUT2D eigenvalue weighted by atomic mass is 9.86. The molecule has 0 aliphatic rings. The third kappa shape index (κ3) is 4.56. The molecule has 0 fully saturated rings. The van der Waals surface area contributed by atoms with Gasteiger partial charge in [0.15, 0.2) is 0 Å². The van der Waals surface area contributed by atoms with Crippen LogP contribution < -0.4 is 10.6 Å². The minimum absolute atomic E-state index is 0.233. The summed E-state index contributed by atoms with van der Waals surface area (Å²) in [5.41, 5.74) is 2.31. The minimum Gasteiger partial charge on any atom is -0.347 e. The molecule has 122 valence electrons. The molecule has 1 aromatic carbocycles. The molecule has 0 aliphatic carbocycles. The zero-order chi connectivity index (χ0) is 17.0. The average Bonchev–Trinajstić information content (AvgIpc) is 3.04. The highest BCUT2D eigenvalue weighted by molar-refractivity contribution is 7.08. The van der Waals surface area contributed by atoms with E-state index in [1.807, 2.05) is 37.6 Å². The van der Waals surface area contributed by atoms with E-state index in [0.717, 1.165) is 11.1 Å². The van der Waals surface area contributed by atoms with Crippen molar-refractivity contribution in [2.45, 2.75) is 26.2 Å². The van der Waals surface area contributed by atoms with Gasteiger partial charge < -0.3 is 10.6 Å². The SMILES string of the molecule is Cc1ccc(NC(=O)C(=O)NCC(C)(C)c2ccsc2)cc1Cl. The Kier molecular flexibility index (Phi) is 5.44. The highest BCUT2D eigenvalue weighted by Crippen LogP contribution is 2.24. The zero-order valence-electron chi connectivity index (χ0n) is 13.3. The van der Waals surface area contributed by atoms with Crippen LogP contribution in [0.4, 0.5) is 5.69 Å². The van der Waals surface area contributed by atoms with Crippen molar-refractivity contribution in [1.82, 2.24) is 5.32 Å². The topological polar surface area (TPSA) is 58.2 Å². The summed E-state index contributed by atoms with van der Waals surface area (Å²) in [6, 6.07) is 7.14. The highest BCUT2D eigenvalue weighted by atomic mass is 35.5. The number of benzene rings is 1. The van der Waals surface area contributed by atoms with Crippen LogP contribution in [-0.4, -0.2) is 18.4 Å². The van der Waals surface area contributed by atoms with E-state index in [9.17, 15) is 9.59 Å². The first kappa shape index (κ1) is 17.5. The first-order valence-electron chi connectivity index (χ1n) is 7.17. The Morgan fingerprint density at radius 1 is 1.22 bits per heavy atom. The van der Waals surface area contributed by atoms with Gasteiger partial charge in [0.1, 0.15) is 0 Å². The fourth-order valence-electron chi connectivity index (χ4n) is 1.99. The summed E-state index contributed by atoms with van der Waals surface area (Å²) in [5.74, 6) is -1.36. The number of nitrogens with one attached hydrogen (secondary N) is 2. The average molecular weight is 351 g/mol. The second-order valence-corrected chi connectivity index (χ2v) is 7.18. The van der Waals surface area contributed by atoms with Crippen LogP contribution in [0.15, 0.2) is 35.0 Å². The van der Waals surface area contributed by atoms with Crippen molar-refractivity contribution in [1.29, 1.82) is 0 Å². The molecule has 6 heteroatoms. The quantitative estimate of drug-likeness (QED) is 0.825. The molecule has 1 heterocycles. The van der Waals surface area contributed by atoms with Crippen LogP contribution in [0.5, 0.6) is 0 Å². The van der Waals surface area contributed by atoms with Crippen molar-refractivity contribution < 1.29 is 9.59 Å². The normalized spacial score (nSPS) is 11.1. The summed E-state index contributed by atoms with van der Waals surface area (Å²) in [6.45, 7) is 6.29. The lowest BCUT2D eigenvalue weighted by Crippen LogP contribution is -2.41. The Morgan fingerprint density at radius 3 is 2.57 bits per heavy atom. The lowest BCUT2D eigenvalue weighted by molar-refractivity contribution is -0.136. The van der Waals surface area contributed by atoms with Gasteiger partial charge in [0.05, 0.1) is 0 Å². The minimum atomic E-state index is -0.703. The van der Waals surface area contributed by atoms with E-state index >= 15 is 0 Å². The third-order valence-corrected chi connectivity index (χ3v) is 4.72. The smallest absolute Gasteiger partial charge is 0.313 e. The van der Waals surface area contributed by atoms with Crippen molar-refractivity contribution in [3.63, 3.8) is 0 Å². The van der Waals surface area contributed by atoms with Gasteiger partial charge >= 0.3 is 11.8 Å². The fraction of sp³-hybridized carbons (Fsp3) is 0.294. The van der Waals surface area contributed by atoms with Gasteiger partial charge in [-0.3, -0.25) is 9.59 Å². The number of aryl methyl sites for hydroxylation is 1. The van der Waals surface area contributed by atoms with Crippen molar-refractivity contribution in [2.75, 3.05) is 11.9 Å². The van der Waals surface area contributed by atoms with Crippen LogP contribution in [0.2, 0.25) is 5.02 Å². The van der Waals surface area contributed by atoms with E-state index < -0.39 is 11.8 Å². The van der Waals surface area contributed by atoms with Crippen molar-refractivity contribution >= 4 is 40.4 Å². The van der Waals surface area contributed by atoms with E-state index in [2.05, 4.69) is 10.6 Å². The van der Waals surface area contributed by atoms with Crippen molar-refractivity contribution in [3.05, 3.63) is 51.2 Å². The first-order valence-corrected chi connectivity index (χ1v) is 8.50. The number of rotatable bonds is 4. The van der Waals surface area contributed by atoms with E-state index in [1.165, 1.54) is 0 Å². The fourth-order valence-corrected chi connectivity index (χ4v) is 3.02. The molecule has 1 aromatic heterocycles. The van der Waals surface area contributed by atoms with E-state index in [4.69, 9.17) is 11.6 Å². The lowest BCUT2D eigenvalue weighted by Gasteiger charge is -2.24. The number of thiophene rings is 1. The number of halogens is 1. The molecule has 0 atom stereocenters. The second kappa shape index (κ2) is 7.15. The van der Waals surface area contributed by atoms with Crippen molar-refractivity contribution in [2.24, 2.45) is 0 Å². The number of carbonyl (C=O) groups excluding carboxylic acids is 2. The molecule has 2 rings (SSSR count). The standard InChI is InChI=1S/C17H19ClN2O2S/c1-11-4-5-13(8-14(11)18)20-16(22)15(21)19-10-17(2,3)12-6-7-23-9-12/h4-9H,10H2,1-3H3,(H,19,21)(H,20,22). The summed E-state index contributed by atoms with van der Waals surface area (Å²) >= 11 is 7.61. The van der Waals surface area contributed by atoms with E-state index in [0.29, 0.717) is 17.3 Å². The summed E-state index contributed by atoms with van der Waals surface area (Å²) in [5, 5.41) is 9.80. The molecule has 0 bridgehead atoms. The molecular formula is C17H19ClN2O2S. The maximum Gasteiger partial charge on any atom is 0.313 e. The predicted octanol–water partition coefficient (Wildman–Crippen LogP) is 3.74. The molecule has 23 heavy (non-hydrogen) atoms. The monoisotopic (exact) mass is 350 g/mol. The number of amides is 2. The summed E-state index contributed by atoms with van der Waals surface area (Å²) in [6.07, 6.45) is 0. The largest absolute Gasteiger partial charge is 0.347 e. The Morgan fingerprint density at radius 2 is 1.96 bits per heavy atom. The van der Waals surface area contributed by atoms with Gasteiger partial charge in [-0.15, -0.1) is 0 Å².